The lowest BCUT2D eigenvalue weighted by atomic mass is 10.1. The normalized spacial score (nSPS) is 10.6. The number of carbonyl (C=O) groups is 2. The lowest BCUT2D eigenvalue weighted by molar-refractivity contribution is -0.132. The fourth-order valence-corrected chi connectivity index (χ4v) is 5.18. The second kappa shape index (κ2) is 14.4. The van der Waals surface area contributed by atoms with Gasteiger partial charge in [-0.2, -0.15) is 0 Å². The zero-order chi connectivity index (χ0) is 28.4. The number of nitrogens with zero attached hydrogens (tertiary/aromatic N) is 2. The maximum absolute atomic E-state index is 13.7. The quantitative estimate of drug-likeness (QED) is 0.272. The molecule has 0 radical (unpaired) electrons. The number of amides is 2. The molecule has 0 saturated carbocycles. The molecule has 1 aromatic heterocycles. The molecule has 0 aliphatic carbocycles. The topological polar surface area (TPSA) is 77.5 Å². The van der Waals surface area contributed by atoms with Crippen molar-refractivity contribution in [3.63, 3.8) is 0 Å². The minimum absolute atomic E-state index is 0.0296. The number of benzene rings is 2. The summed E-state index contributed by atoms with van der Waals surface area (Å²) in [4.78, 5) is 31.9. The lowest BCUT2D eigenvalue weighted by Gasteiger charge is -2.28. The average molecular weight is 555 g/mol. The van der Waals surface area contributed by atoms with Crippen molar-refractivity contribution in [3.8, 4) is 23.0 Å². The Bertz CT molecular complexity index is 1260. The van der Waals surface area contributed by atoms with Gasteiger partial charge in [0.1, 0.15) is 18.0 Å². The molecule has 0 atom stereocenters. The van der Waals surface area contributed by atoms with E-state index in [0.29, 0.717) is 61.0 Å². The van der Waals surface area contributed by atoms with Crippen LogP contribution in [0, 0.1) is 6.92 Å². The Kier molecular flexibility index (Phi) is 11.0. The van der Waals surface area contributed by atoms with Crippen molar-refractivity contribution in [2.45, 2.75) is 33.2 Å². The van der Waals surface area contributed by atoms with Gasteiger partial charge in [-0.15, -0.1) is 11.3 Å². The third-order valence-electron chi connectivity index (χ3n) is 6.52. The van der Waals surface area contributed by atoms with Crippen LogP contribution in [0.3, 0.4) is 0 Å². The summed E-state index contributed by atoms with van der Waals surface area (Å²) < 4.78 is 21.5. The zero-order valence-corrected chi connectivity index (χ0v) is 24.4. The summed E-state index contributed by atoms with van der Waals surface area (Å²) in [7, 11) is 6.28. The Morgan fingerprint density at radius 3 is 2.18 bits per heavy atom. The number of ether oxygens (including phenoxy) is 4. The molecular formula is C30H38N2O6S. The van der Waals surface area contributed by atoms with Gasteiger partial charge >= 0.3 is 0 Å². The van der Waals surface area contributed by atoms with Crippen LogP contribution >= 0.6 is 11.3 Å². The van der Waals surface area contributed by atoms with E-state index in [0.717, 1.165) is 16.0 Å². The zero-order valence-electron chi connectivity index (χ0n) is 23.6. The summed E-state index contributed by atoms with van der Waals surface area (Å²) in [6.45, 7) is 5.42. The summed E-state index contributed by atoms with van der Waals surface area (Å²) in [6.07, 6.45) is 1.34. The van der Waals surface area contributed by atoms with Crippen molar-refractivity contribution in [2.24, 2.45) is 0 Å². The standard InChI is InChI=1S/C30H38N2O6S/c1-7-14-32(30(34)24-10-9-23(35-3)18-26(24)37-5)20-29(33)31(19-28-21(2)13-16-39-28)15-12-22-8-11-25(36-4)27(17-22)38-6/h8-11,13,16-18H,7,12,14-15,19-20H2,1-6H3. The van der Waals surface area contributed by atoms with Crippen LogP contribution in [0.5, 0.6) is 23.0 Å². The van der Waals surface area contributed by atoms with Gasteiger partial charge in [0.05, 0.1) is 40.5 Å². The number of carbonyl (C=O) groups excluding carboxylic acids is 2. The molecule has 0 fully saturated rings. The van der Waals surface area contributed by atoms with Crippen LogP contribution < -0.4 is 18.9 Å². The van der Waals surface area contributed by atoms with E-state index in [9.17, 15) is 9.59 Å². The molecule has 1 heterocycles. The molecular weight excluding hydrogens is 516 g/mol. The van der Waals surface area contributed by atoms with Crippen molar-refractivity contribution in [1.29, 1.82) is 0 Å². The molecule has 0 saturated heterocycles. The van der Waals surface area contributed by atoms with Crippen LogP contribution in [0.2, 0.25) is 0 Å². The highest BCUT2D eigenvalue weighted by Gasteiger charge is 2.25. The molecule has 39 heavy (non-hydrogen) atoms. The molecule has 0 aliphatic rings. The van der Waals surface area contributed by atoms with Gasteiger partial charge in [-0.1, -0.05) is 13.0 Å². The van der Waals surface area contributed by atoms with Crippen molar-refractivity contribution < 1.29 is 28.5 Å². The highest BCUT2D eigenvalue weighted by Crippen LogP contribution is 2.28. The van der Waals surface area contributed by atoms with Gasteiger partial charge in [-0.25, -0.2) is 0 Å². The number of aryl methyl sites for hydroxylation is 1. The first-order chi connectivity index (χ1) is 18.8. The fourth-order valence-electron chi connectivity index (χ4n) is 4.26. The van der Waals surface area contributed by atoms with Crippen LogP contribution in [0.25, 0.3) is 0 Å². The monoisotopic (exact) mass is 554 g/mol. The minimum Gasteiger partial charge on any atom is -0.497 e. The van der Waals surface area contributed by atoms with E-state index in [2.05, 4.69) is 6.07 Å². The average Bonchev–Trinajstić information content (AvgIpc) is 3.37. The molecule has 8 nitrogen and oxygen atoms in total. The largest absolute Gasteiger partial charge is 0.497 e. The van der Waals surface area contributed by atoms with Gasteiger partial charge in [0.2, 0.25) is 5.91 Å². The van der Waals surface area contributed by atoms with Gasteiger partial charge in [-0.05, 0) is 66.6 Å². The summed E-state index contributed by atoms with van der Waals surface area (Å²) in [6, 6.07) is 12.9. The predicted molar refractivity (Wildman–Crippen MR) is 153 cm³/mol. The van der Waals surface area contributed by atoms with Crippen LogP contribution in [-0.4, -0.2) is 69.7 Å². The van der Waals surface area contributed by atoms with E-state index >= 15 is 0 Å². The summed E-state index contributed by atoms with van der Waals surface area (Å²) >= 11 is 1.63. The van der Waals surface area contributed by atoms with Gasteiger partial charge < -0.3 is 28.7 Å². The van der Waals surface area contributed by atoms with Gasteiger partial charge in [0.15, 0.2) is 11.5 Å². The van der Waals surface area contributed by atoms with E-state index in [-0.39, 0.29) is 18.4 Å². The number of hydrogen-bond acceptors (Lipinski definition) is 7. The van der Waals surface area contributed by atoms with Crippen molar-refractivity contribution in [3.05, 3.63) is 69.4 Å². The van der Waals surface area contributed by atoms with Crippen LogP contribution in [-0.2, 0) is 17.8 Å². The third-order valence-corrected chi connectivity index (χ3v) is 7.53. The van der Waals surface area contributed by atoms with E-state index in [1.807, 2.05) is 42.3 Å². The Hall–Kier alpha value is -3.72. The maximum atomic E-state index is 13.7. The number of thiophene rings is 1. The molecule has 0 aliphatic heterocycles. The van der Waals surface area contributed by atoms with Gasteiger partial charge in [0.25, 0.3) is 5.91 Å². The molecule has 3 aromatic rings. The lowest BCUT2D eigenvalue weighted by Crippen LogP contribution is -2.43. The number of hydrogen-bond donors (Lipinski definition) is 0. The molecule has 0 N–H and O–H groups in total. The number of methoxy groups -OCH3 is 4. The highest BCUT2D eigenvalue weighted by atomic mass is 32.1. The Balaban J connectivity index is 1.83. The molecule has 0 bridgehead atoms. The van der Waals surface area contributed by atoms with Crippen LogP contribution in [0.15, 0.2) is 47.8 Å². The first-order valence-corrected chi connectivity index (χ1v) is 13.8. The second-order valence-electron chi connectivity index (χ2n) is 9.07. The Morgan fingerprint density at radius 2 is 1.56 bits per heavy atom. The summed E-state index contributed by atoms with van der Waals surface area (Å²) in [5.41, 5.74) is 2.57. The fraction of sp³-hybridized carbons (Fsp3) is 0.400. The smallest absolute Gasteiger partial charge is 0.258 e. The minimum atomic E-state index is -0.253. The SMILES string of the molecule is CCCN(CC(=O)N(CCc1ccc(OC)c(OC)c1)Cc1sccc1C)C(=O)c1ccc(OC)cc1OC. The van der Waals surface area contributed by atoms with Crippen LogP contribution in [0.4, 0.5) is 0 Å². The molecule has 0 unspecified atom stereocenters. The van der Waals surface area contributed by atoms with Crippen molar-refractivity contribution in [2.75, 3.05) is 48.1 Å². The van der Waals surface area contributed by atoms with Crippen LogP contribution in [0.1, 0.15) is 39.7 Å². The predicted octanol–water partition coefficient (Wildman–Crippen LogP) is 5.21. The molecule has 9 heteroatoms. The first-order valence-electron chi connectivity index (χ1n) is 12.9. The Labute approximate surface area is 235 Å². The maximum Gasteiger partial charge on any atom is 0.258 e. The van der Waals surface area contributed by atoms with Crippen molar-refractivity contribution in [1.82, 2.24) is 9.80 Å². The van der Waals surface area contributed by atoms with Gasteiger partial charge in [-0.3, -0.25) is 9.59 Å². The molecule has 0 spiro atoms. The van der Waals surface area contributed by atoms with Crippen molar-refractivity contribution >= 4 is 23.2 Å². The Morgan fingerprint density at radius 1 is 0.821 bits per heavy atom. The summed E-state index contributed by atoms with van der Waals surface area (Å²) in [5, 5.41) is 2.03. The molecule has 210 valence electrons. The number of rotatable bonds is 14. The molecule has 2 amide bonds. The summed E-state index contributed by atoms with van der Waals surface area (Å²) in [5.74, 6) is 1.94. The molecule has 2 aromatic carbocycles. The first kappa shape index (κ1) is 29.8. The van der Waals surface area contributed by atoms with E-state index in [1.165, 1.54) is 7.11 Å². The van der Waals surface area contributed by atoms with E-state index in [4.69, 9.17) is 18.9 Å². The second-order valence-corrected chi connectivity index (χ2v) is 10.1. The van der Waals surface area contributed by atoms with Gasteiger partial charge in [0, 0.05) is 24.0 Å². The van der Waals surface area contributed by atoms with E-state index in [1.54, 1.807) is 55.8 Å². The third kappa shape index (κ3) is 7.66. The van der Waals surface area contributed by atoms with E-state index < -0.39 is 0 Å². The highest BCUT2D eigenvalue weighted by molar-refractivity contribution is 7.10. The molecule has 3 rings (SSSR count).